The molecule has 0 heterocycles. The fourth-order valence-electron chi connectivity index (χ4n) is 2.00. The van der Waals surface area contributed by atoms with Crippen LogP contribution in [0, 0.1) is 0 Å². The number of hydrogen-bond acceptors (Lipinski definition) is 1. The second-order valence-electron chi connectivity index (χ2n) is 4.50. The third-order valence-corrected chi connectivity index (χ3v) is 4.69. The lowest BCUT2D eigenvalue weighted by atomic mass is 10.1. The van der Waals surface area contributed by atoms with Crippen LogP contribution in [0.1, 0.15) is 15.9 Å². The van der Waals surface area contributed by atoms with Crippen LogP contribution < -0.4 is 0 Å². The van der Waals surface area contributed by atoms with Gasteiger partial charge in [0.2, 0.25) is 0 Å². The van der Waals surface area contributed by atoms with Gasteiger partial charge in [0, 0.05) is 22.9 Å². The Morgan fingerprint density at radius 3 is 2.48 bits per heavy atom. The molecule has 0 atom stereocenters. The maximum atomic E-state index is 12.7. The summed E-state index contributed by atoms with van der Waals surface area (Å²) < 4.78 is 0.730. The molecular weight excluding hydrogens is 417 g/mol. The van der Waals surface area contributed by atoms with Crippen molar-refractivity contribution in [3.05, 3.63) is 69.2 Å². The molecule has 110 valence electrons. The number of amides is 1. The van der Waals surface area contributed by atoms with Crippen LogP contribution in [0.2, 0.25) is 5.02 Å². The minimum absolute atomic E-state index is 0.0652. The lowest BCUT2D eigenvalue weighted by molar-refractivity contribution is 0.0755. The van der Waals surface area contributed by atoms with Crippen molar-refractivity contribution in [2.24, 2.45) is 0 Å². The normalized spacial score (nSPS) is 10.4. The van der Waals surface area contributed by atoms with E-state index in [0.29, 0.717) is 23.7 Å². The van der Waals surface area contributed by atoms with Gasteiger partial charge < -0.3 is 4.90 Å². The molecule has 0 bridgehead atoms. The van der Waals surface area contributed by atoms with Gasteiger partial charge in [0.25, 0.3) is 5.91 Å². The van der Waals surface area contributed by atoms with Crippen LogP contribution in [-0.2, 0) is 6.54 Å². The Morgan fingerprint density at radius 2 is 1.81 bits per heavy atom. The zero-order valence-corrected chi connectivity index (χ0v) is 15.2. The van der Waals surface area contributed by atoms with Crippen LogP contribution in [0.25, 0.3) is 0 Å². The van der Waals surface area contributed by atoms with E-state index in [1.54, 1.807) is 11.0 Å². The first-order valence-electron chi connectivity index (χ1n) is 6.46. The van der Waals surface area contributed by atoms with Crippen molar-refractivity contribution in [2.75, 3.05) is 11.9 Å². The molecule has 2 aromatic rings. The fraction of sp³-hybridized carbons (Fsp3) is 0.188. The zero-order chi connectivity index (χ0) is 15.2. The Morgan fingerprint density at radius 1 is 1.10 bits per heavy atom. The predicted octanol–water partition coefficient (Wildman–Crippen LogP) is 5.14. The molecule has 21 heavy (non-hydrogen) atoms. The Labute approximate surface area is 146 Å². The second-order valence-corrected chi connectivity index (χ2v) is 6.53. The molecule has 0 spiro atoms. The van der Waals surface area contributed by atoms with Crippen molar-refractivity contribution in [1.82, 2.24) is 4.90 Å². The molecule has 0 unspecified atom stereocenters. The summed E-state index contributed by atoms with van der Waals surface area (Å²) in [5.74, 6) is -0.0652. The molecular formula is C16H14Br2ClNO. The number of carbonyl (C=O) groups is 1. The van der Waals surface area contributed by atoms with Gasteiger partial charge in [-0.3, -0.25) is 4.79 Å². The molecule has 5 heteroatoms. The molecule has 2 aromatic carbocycles. The molecule has 1 amide bonds. The van der Waals surface area contributed by atoms with Gasteiger partial charge >= 0.3 is 0 Å². The lowest BCUT2D eigenvalue weighted by Gasteiger charge is -2.22. The number of carbonyl (C=O) groups excluding carboxylic acids is 1. The molecule has 0 N–H and O–H groups in total. The van der Waals surface area contributed by atoms with Crippen LogP contribution in [-0.4, -0.2) is 22.7 Å². The maximum Gasteiger partial charge on any atom is 0.255 e. The number of nitrogens with zero attached hydrogens (tertiary/aromatic N) is 1. The fourth-order valence-corrected chi connectivity index (χ4v) is 3.00. The summed E-state index contributed by atoms with van der Waals surface area (Å²) in [6, 6.07) is 15.3. The SMILES string of the molecule is O=C(c1cccc(Br)c1Cl)N(CCBr)Cc1ccccc1. The van der Waals surface area contributed by atoms with Gasteiger partial charge in [0.05, 0.1) is 10.6 Å². The number of rotatable bonds is 5. The van der Waals surface area contributed by atoms with Gasteiger partial charge in [0.1, 0.15) is 0 Å². The van der Waals surface area contributed by atoms with E-state index in [-0.39, 0.29) is 5.91 Å². The first-order valence-corrected chi connectivity index (χ1v) is 8.76. The van der Waals surface area contributed by atoms with Crippen molar-refractivity contribution >= 4 is 49.4 Å². The van der Waals surface area contributed by atoms with Gasteiger partial charge in [-0.2, -0.15) is 0 Å². The molecule has 0 aliphatic heterocycles. The number of benzene rings is 2. The lowest BCUT2D eigenvalue weighted by Crippen LogP contribution is -2.32. The highest BCUT2D eigenvalue weighted by molar-refractivity contribution is 9.10. The first-order chi connectivity index (χ1) is 10.1. The second kappa shape index (κ2) is 7.97. The van der Waals surface area contributed by atoms with E-state index in [0.717, 1.165) is 15.4 Å². The van der Waals surface area contributed by atoms with Crippen LogP contribution in [0.5, 0.6) is 0 Å². The standard InChI is InChI=1S/C16H14Br2ClNO/c17-9-10-20(11-12-5-2-1-3-6-12)16(21)13-7-4-8-14(18)15(13)19/h1-8H,9-11H2. The van der Waals surface area contributed by atoms with Gasteiger partial charge in [-0.1, -0.05) is 63.9 Å². The zero-order valence-electron chi connectivity index (χ0n) is 11.2. The third-order valence-electron chi connectivity index (χ3n) is 3.04. The van der Waals surface area contributed by atoms with E-state index in [1.165, 1.54) is 0 Å². The molecule has 0 radical (unpaired) electrons. The van der Waals surface area contributed by atoms with E-state index >= 15 is 0 Å². The summed E-state index contributed by atoms with van der Waals surface area (Å²) in [5, 5.41) is 1.17. The smallest absolute Gasteiger partial charge is 0.255 e. The van der Waals surface area contributed by atoms with E-state index in [4.69, 9.17) is 11.6 Å². The molecule has 0 aliphatic rings. The van der Waals surface area contributed by atoms with Crippen LogP contribution >= 0.6 is 43.5 Å². The molecule has 2 nitrogen and oxygen atoms in total. The van der Waals surface area contributed by atoms with Gasteiger partial charge in [0.15, 0.2) is 0 Å². The van der Waals surface area contributed by atoms with Gasteiger partial charge in [-0.15, -0.1) is 0 Å². The number of hydrogen-bond donors (Lipinski definition) is 0. The van der Waals surface area contributed by atoms with E-state index < -0.39 is 0 Å². The largest absolute Gasteiger partial charge is 0.333 e. The maximum absolute atomic E-state index is 12.7. The Balaban J connectivity index is 2.25. The summed E-state index contributed by atoms with van der Waals surface area (Å²) in [6.07, 6.45) is 0. The minimum Gasteiger partial charge on any atom is -0.333 e. The minimum atomic E-state index is -0.0652. The van der Waals surface area contributed by atoms with Crippen molar-refractivity contribution in [1.29, 1.82) is 0 Å². The quantitative estimate of drug-likeness (QED) is 0.601. The highest BCUT2D eigenvalue weighted by Gasteiger charge is 2.19. The summed E-state index contributed by atoms with van der Waals surface area (Å²) in [5.41, 5.74) is 1.61. The van der Waals surface area contributed by atoms with Gasteiger partial charge in [-0.25, -0.2) is 0 Å². The summed E-state index contributed by atoms with van der Waals surface area (Å²) in [7, 11) is 0. The van der Waals surface area contributed by atoms with Gasteiger partial charge in [-0.05, 0) is 33.6 Å². The summed E-state index contributed by atoms with van der Waals surface area (Å²) in [4.78, 5) is 14.5. The Kier molecular flexibility index (Phi) is 6.27. The van der Waals surface area contributed by atoms with Crippen molar-refractivity contribution in [2.45, 2.75) is 6.54 Å². The van der Waals surface area contributed by atoms with Crippen molar-refractivity contribution < 1.29 is 4.79 Å². The van der Waals surface area contributed by atoms with E-state index in [2.05, 4.69) is 31.9 Å². The van der Waals surface area contributed by atoms with E-state index in [9.17, 15) is 4.79 Å². The van der Waals surface area contributed by atoms with E-state index in [1.807, 2.05) is 42.5 Å². The average molecular weight is 432 g/mol. The number of halogens is 3. The molecule has 0 saturated heterocycles. The summed E-state index contributed by atoms with van der Waals surface area (Å²) >= 11 is 13.0. The highest BCUT2D eigenvalue weighted by atomic mass is 79.9. The average Bonchev–Trinajstić information content (AvgIpc) is 2.50. The monoisotopic (exact) mass is 429 g/mol. The van der Waals surface area contributed by atoms with Crippen molar-refractivity contribution in [3.8, 4) is 0 Å². The predicted molar refractivity (Wildman–Crippen MR) is 94.1 cm³/mol. The number of alkyl halides is 1. The Hall–Kier alpha value is -0.840. The summed E-state index contributed by atoms with van der Waals surface area (Å²) in [6.45, 7) is 1.19. The van der Waals surface area contributed by atoms with Crippen molar-refractivity contribution in [3.63, 3.8) is 0 Å². The molecule has 0 aliphatic carbocycles. The molecule has 0 saturated carbocycles. The third kappa shape index (κ3) is 4.31. The topological polar surface area (TPSA) is 20.3 Å². The molecule has 0 aromatic heterocycles. The highest BCUT2D eigenvalue weighted by Crippen LogP contribution is 2.27. The van der Waals surface area contributed by atoms with Crippen LogP contribution in [0.4, 0.5) is 0 Å². The first kappa shape index (κ1) is 16.5. The Bertz CT molecular complexity index is 619. The van der Waals surface area contributed by atoms with Crippen LogP contribution in [0.3, 0.4) is 0 Å². The molecule has 2 rings (SSSR count). The molecule has 0 fully saturated rings. The van der Waals surface area contributed by atoms with Crippen LogP contribution in [0.15, 0.2) is 53.0 Å².